The summed E-state index contributed by atoms with van der Waals surface area (Å²) in [5.74, 6) is 0.964. The second-order valence-corrected chi connectivity index (χ2v) is 7.57. The summed E-state index contributed by atoms with van der Waals surface area (Å²) in [6.45, 7) is 6.32. The Morgan fingerprint density at radius 2 is 2.21 bits per heavy atom. The van der Waals surface area contributed by atoms with Gasteiger partial charge < -0.3 is 15.8 Å². The number of carbonyl (C=O) groups is 1. The molecule has 0 fully saturated rings. The predicted octanol–water partition coefficient (Wildman–Crippen LogP) is 2.91. The van der Waals surface area contributed by atoms with Crippen LogP contribution in [0.15, 0.2) is 37.2 Å². The van der Waals surface area contributed by atoms with Gasteiger partial charge in [0.2, 0.25) is 5.91 Å². The average Bonchev–Trinajstić information content (AvgIpc) is 3.29. The Labute approximate surface area is 171 Å². The van der Waals surface area contributed by atoms with Crippen molar-refractivity contribution in [3.63, 3.8) is 0 Å². The molecule has 8 nitrogen and oxygen atoms in total. The summed E-state index contributed by atoms with van der Waals surface area (Å²) in [5.41, 5.74) is 8.64. The van der Waals surface area contributed by atoms with Crippen molar-refractivity contribution in [1.82, 2.24) is 25.1 Å². The van der Waals surface area contributed by atoms with Gasteiger partial charge in [0.25, 0.3) is 0 Å². The van der Waals surface area contributed by atoms with E-state index in [1.165, 1.54) is 12.4 Å². The van der Waals surface area contributed by atoms with E-state index in [1.54, 1.807) is 23.1 Å². The van der Waals surface area contributed by atoms with Crippen LogP contribution in [-0.2, 0) is 11.3 Å². The third-order valence-electron chi connectivity index (χ3n) is 4.55. The second kappa shape index (κ2) is 7.51. The molecule has 3 heterocycles. The van der Waals surface area contributed by atoms with E-state index in [2.05, 4.69) is 34.0 Å². The SMILES string of the molecule is C=CC(=O)NCCn1nc(-c2cc3cc(C)cc(OC)c3s2)c2c(N)ncnc21. The van der Waals surface area contributed by atoms with Gasteiger partial charge in [-0.3, -0.25) is 4.79 Å². The molecule has 0 aliphatic heterocycles. The van der Waals surface area contributed by atoms with Gasteiger partial charge in [0.15, 0.2) is 5.65 Å². The Bertz CT molecular complexity index is 1240. The topological polar surface area (TPSA) is 108 Å². The fourth-order valence-corrected chi connectivity index (χ4v) is 4.37. The van der Waals surface area contributed by atoms with Crippen LogP contribution in [0.4, 0.5) is 5.82 Å². The number of nitrogen functional groups attached to an aromatic ring is 1. The molecule has 9 heteroatoms. The van der Waals surface area contributed by atoms with Gasteiger partial charge in [-0.25, -0.2) is 14.6 Å². The first-order chi connectivity index (χ1) is 14.0. The fourth-order valence-electron chi connectivity index (χ4n) is 3.25. The highest BCUT2D eigenvalue weighted by Gasteiger charge is 2.19. The molecule has 0 atom stereocenters. The molecule has 3 aromatic heterocycles. The first kappa shape index (κ1) is 18.9. The lowest BCUT2D eigenvalue weighted by Crippen LogP contribution is -2.25. The molecule has 1 amide bonds. The quantitative estimate of drug-likeness (QED) is 0.475. The number of ether oxygens (including phenoxy) is 1. The Hall–Kier alpha value is -3.46. The standard InChI is InChI=1S/C20H20N6O2S/c1-4-15(27)22-5-6-26-20-16(19(21)23-10-24-20)17(25-26)14-9-12-7-11(2)8-13(28-3)18(12)29-14/h4,7-10H,1,5-6H2,2-3H3,(H,22,27)(H2,21,23,24). The number of benzene rings is 1. The lowest BCUT2D eigenvalue weighted by Gasteiger charge is -2.03. The molecule has 0 unspecified atom stereocenters. The predicted molar refractivity (Wildman–Crippen MR) is 115 cm³/mol. The average molecular weight is 408 g/mol. The van der Waals surface area contributed by atoms with Crippen molar-refractivity contribution in [2.75, 3.05) is 19.4 Å². The van der Waals surface area contributed by atoms with Gasteiger partial charge in [-0.2, -0.15) is 5.10 Å². The molecule has 0 spiro atoms. The van der Waals surface area contributed by atoms with Crippen LogP contribution in [0.2, 0.25) is 0 Å². The molecule has 3 N–H and O–H groups in total. The molecular weight excluding hydrogens is 388 g/mol. The molecule has 4 aromatic rings. The number of nitrogens with two attached hydrogens (primary N) is 1. The monoisotopic (exact) mass is 408 g/mol. The van der Waals surface area contributed by atoms with Crippen molar-refractivity contribution >= 4 is 44.2 Å². The number of rotatable bonds is 6. The van der Waals surface area contributed by atoms with Crippen molar-refractivity contribution in [3.05, 3.63) is 42.7 Å². The Balaban J connectivity index is 1.82. The van der Waals surface area contributed by atoms with Crippen LogP contribution in [0.5, 0.6) is 5.75 Å². The third-order valence-corrected chi connectivity index (χ3v) is 5.72. The zero-order valence-electron chi connectivity index (χ0n) is 16.1. The maximum atomic E-state index is 11.4. The summed E-state index contributed by atoms with van der Waals surface area (Å²) in [7, 11) is 1.67. The van der Waals surface area contributed by atoms with E-state index in [0.29, 0.717) is 35.6 Å². The van der Waals surface area contributed by atoms with Crippen molar-refractivity contribution in [2.45, 2.75) is 13.5 Å². The minimum absolute atomic E-state index is 0.234. The van der Waals surface area contributed by atoms with Gasteiger partial charge in [-0.1, -0.05) is 12.6 Å². The van der Waals surface area contributed by atoms with Gasteiger partial charge >= 0.3 is 0 Å². The second-order valence-electron chi connectivity index (χ2n) is 6.52. The zero-order valence-corrected chi connectivity index (χ0v) is 16.9. The highest BCUT2D eigenvalue weighted by Crippen LogP contribution is 2.41. The Morgan fingerprint density at radius 3 is 2.97 bits per heavy atom. The number of amides is 1. The number of aryl methyl sites for hydroxylation is 1. The molecule has 1 aromatic carbocycles. The first-order valence-electron chi connectivity index (χ1n) is 8.97. The highest BCUT2D eigenvalue weighted by molar-refractivity contribution is 7.22. The van der Waals surface area contributed by atoms with Crippen molar-refractivity contribution < 1.29 is 9.53 Å². The summed E-state index contributed by atoms with van der Waals surface area (Å²) >= 11 is 1.58. The minimum atomic E-state index is -0.234. The molecule has 29 heavy (non-hydrogen) atoms. The van der Waals surface area contributed by atoms with Crippen molar-refractivity contribution in [1.29, 1.82) is 0 Å². The van der Waals surface area contributed by atoms with Gasteiger partial charge in [0.05, 0.1) is 28.6 Å². The fraction of sp³-hybridized carbons (Fsp3) is 0.200. The van der Waals surface area contributed by atoms with E-state index >= 15 is 0 Å². The molecule has 0 saturated carbocycles. The number of aromatic nitrogens is 4. The number of hydrogen-bond acceptors (Lipinski definition) is 7. The Kier molecular flexibility index (Phi) is 4.89. The van der Waals surface area contributed by atoms with Crippen molar-refractivity contribution in [2.24, 2.45) is 0 Å². The summed E-state index contributed by atoms with van der Waals surface area (Å²) in [6, 6.07) is 6.20. The molecule has 0 aliphatic rings. The number of nitrogens with one attached hydrogen (secondary N) is 1. The molecule has 148 valence electrons. The third kappa shape index (κ3) is 3.40. The number of fused-ring (bicyclic) bond motifs is 2. The molecule has 0 aliphatic carbocycles. The zero-order chi connectivity index (χ0) is 20.5. The van der Waals surface area contributed by atoms with E-state index < -0.39 is 0 Å². The number of carbonyl (C=O) groups excluding carboxylic acids is 1. The molecule has 0 bridgehead atoms. The Morgan fingerprint density at radius 1 is 1.38 bits per heavy atom. The molecule has 0 radical (unpaired) electrons. The summed E-state index contributed by atoms with van der Waals surface area (Å²) in [6.07, 6.45) is 2.65. The highest BCUT2D eigenvalue weighted by atomic mass is 32.1. The van der Waals surface area contributed by atoms with Crippen LogP contribution in [-0.4, -0.2) is 39.3 Å². The number of methoxy groups -OCH3 is 1. The van der Waals surface area contributed by atoms with Crippen molar-refractivity contribution in [3.8, 4) is 16.3 Å². The van der Waals surface area contributed by atoms with Gasteiger partial charge in [-0.05, 0) is 36.1 Å². The van der Waals surface area contributed by atoms with Crippen LogP contribution in [0.3, 0.4) is 0 Å². The lowest BCUT2D eigenvalue weighted by atomic mass is 10.1. The van der Waals surface area contributed by atoms with Crippen LogP contribution in [0.1, 0.15) is 5.56 Å². The number of thiophene rings is 1. The van der Waals surface area contributed by atoms with E-state index in [9.17, 15) is 4.79 Å². The van der Waals surface area contributed by atoms with Crippen LogP contribution in [0, 0.1) is 6.92 Å². The summed E-state index contributed by atoms with van der Waals surface area (Å²) < 4.78 is 8.33. The normalized spacial score (nSPS) is 11.1. The smallest absolute Gasteiger partial charge is 0.243 e. The van der Waals surface area contributed by atoms with E-state index in [1.807, 2.05) is 13.0 Å². The number of nitrogens with zero attached hydrogens (tertiary/aromatic N) is 4. The van der Waals surface area contributed by atoms with Crippen LogP contribution < -0.4 is 15.8 Å². The maximum absolute atomic E-state index is 11.4. The van der Waals surface area contributed by atoms with Gasteiger partial charge in [0, 0.05) is 6.54 Å². The molecule has 0 saturated heterocycles. The number of hydrogen-bond donors (Lipinski definition) is 2. The maximum Gasteiger partial charge on any atom is 0.243 e. The number of anilines is 1. The first-order valence-corrected chi connectivity index (χ1v) is 9.79. The van der Waals surface area contributed by atoms with E-state index in [0.717, 1.165) is 26.3 Å². The molecule has 4 rings (SSSR count). The van der Waals surface area contributed by atoms with E-state index in [-0.39, 0.29) is 5.91 Å². The van der Waals surface area contributed by atoms with E-state index in [4.69, 9.17) is 15.6 Å². The lowest BCUT2D eigenvalue weighted by molar-refractivity contribution is -0.116. The van der Waals surface area contributed by atoms with Gasteiger partial charge in [-0.15, -0.1) is 11.3 Å². The summed E-state index contributed by atoms with van der Waals surface area (Å²) in [5, 5.41) is 9.27. The molecular formula is C20H20N6O2S. The van der Waals surface area contributed by atoms with Crippen LogP contribution >= 0.6 is 11.3 Å². The minimum Gasteiger partial charge on any atom is -0.495 e. The van der Waals surface area contributed by atoms with Crippen LogP contribution in [0.25, 0.3) is 31.7 Å². The largest absolute Gasteiger partial charge is 0.495 e. The van der Waals surface area contributed by atoms with Gasteiger partial charge in [0.1, 0.15) is 23.6 Å². The summed E-state index contributed by atoms with van der Waals surface area (Å²) in [4.78, 5) is 20.9.